The van der Waals surface area contributed by atoms with Gasteiger partial charge in [-0.25, -0.2) is 0 Å². The molecule has 1 unspecified atom stereocenters. The number of nitriles is 1. The van der Waals surface area contributed by atoms with E-state index in [1.807, 2.05) is 24.3 Å². The lowest BCUT2D eigenvalue weighted by Crippen LogP contribution is -2.19. The molecule has 0 aliphatic rings. The van der Waals surface area contributed by atoms with Crippen molar-refractivity contribution < 1.29 is 4.74 Å². The minimum atomic E-state index is 0.381. The van der Waals surface area contributed by atoms with Gasteiger partial charge in [0.1, 0.15) is 11.5 Å². The lowest BCUT2D eigenvalue weighted by atomic mass is 10.0. The van der Waals surface area contributed by atoms with Crippen LogP contribution in [0, 0.1) is 11.3 Å². The predicted molar refractivity (Wildman–Crippen MR) is 84.4 cm³/mol. The van der Waals surface area contributed by atoms with Gasteiger partial charge in [-0.15, -0.1) is 0 Å². The van der Waals surface area contributed by atoms with Gasteiger partial charge in [0.2, 0.25) is 0 Å². The molecular weight excluding hydrogens is 260 g/mol. The van der Waals surface area contributed by atoms with E-state index in [4.69, 9.17) is 10.00 Å². The van der Waals surface area contributed by atoms with E-state index in [9.17, 15) is 0 Å². The predicted octanol–water partition coefficient (Wildman–Crippen LogP) is 4.41. The van der Waals surface area contributed by atoms with Crippen LogP contribution in [-0.4, -0.2) is 6.54 Å². The van der Waals surface area contributed by atoms with Gasteiger partial charge in [-0.3, -0.25) is 0 Å². The van der Waals surface area contributed by atoms with Crippen molar-refractivity contribution in [2.45, 2.75) is 26.3 Å². The standard InChI is InChI=1S/C18H20N2O/c1-3-18(20-4-2)15-8-10-16(11-9-15)21-17-7-5-6-14(12-17)13-19/h5-12,18,20H,3-4H2,1-2H3. The van der Waals surface area contributed by atoms with E-state index in [0.29, 0.717) is 17.4 Å². The van der Waals surface area contributed by atoms with E-state index in [-0.39, 0.29) is 0 Å². The number of nitrogens with zero attached hydrogens (tertiary/aromatic N) is 1. The fourth-order valence-corrected chi connectivity index (χ4v) is 2.28. The largest absolute Gasteiger partial charge is 0.457 e. The molecule has 2 aromatic rings. The maximum atomic E-state index is 8.89. The zero-order valence-corrected chi connectivity index (χ0v) is 12.5. The highest BCUT2D eigenvalue weighted by molar-refractivity contribution is 5.39. The highest BCUT2D eigenvalue weighted by atomic mass is 16.5. The third-order valence-corrected chi connectivity index (χ3v) is 3.34. The molecule has 0 saturated carbocycles. The Bertz CT molecular complexity index is 614. The molecule has 0 fully saturated rings. The Morgan fingerprint density at radius 2 is 1.86 bits per heavy atom. The van der Waals surface area contributed by atoms with Crippen LogP contribution in [0.15, 0.2) is 48.5 Å². The second-order valence-electron chi connectivity index (χ2n) is 4.83. The van der Waals surface area contributed by atoms with Crippen LogP contribution in [0.3, 0.4) is 0 Å². The first kappa shape index (κ1) is 15.1. The summed E-state index contributed by atoms with van der Waals surface area (Å²) in [7, 11) is 0. The number of hydrogen-bond donors (Lipinski definition) is 1. The van der Waals surface area contributed by atoms with Crippen molar-refractivity contribution in [1.29, 1.82) is 5.26 Å². The molecule has 0 heterocycles. The summed E-state index contributed by atoms with van der Waals surface area (Å²) in [4.78, 5) is 0. The molecular formula is C18H20N2O. The normalized spacial score (nSPS) is 11.7. The SMILES string of the molecule is CCNC(CC)c1ccc(Oc2cccc(C#N)c2)cc1. The van der Waals surface area contributed by atoms with Gasteiger partial charge in [0.15, 0.2) is 0 Å². The zero-order valence-electron chi connectivity index (χ0n) is 12.5. The average molecular weight is 280 g/mol. The average Bonchev–Trinajstić information content (AvgIpc) is 2.54. The van der Waals surface area contributed by atoms with E-state index >= 15 is 0 Å². The Kier molecular flexibility index (Phi) is 5.36. The van der Waals surface area contributed by atoms with Crippen LogP contribution in [0.1, 0.15) is 37.4 Å². The van der Waals surface area contributed by atoms with E-state index in [2.05, 4.69) is 37.4 Å². The number of rotatable bonds is 6. The molecule has 2 rings (SSSR count). The monoisotopic (exact) mass is 280 g/mol. The minimum Gasteiger partial charge on any atom is -0.457 e. The lowest BCUT2D eigenvalue weighted by Gasteiger charge is -2.16. The lowest BCUT2D eigenvalue weighted by molar-refractivity contribution is 0.481. The molecule has 21 heavy (non-hydrogen) atoms. The fraction of sp³-hybridized carbons (Fsp3) is 0.278. The molecule has 0 spiro atoms. The molecule has 108 valence electrons. The molecule has 0 radical (unpaired) electrons. The third-order valence-electron chi connectivity index (χ3n) is 3.34. The molecule has 0 bridgehead atoms. The van der Waals surface area contributed by atoms with Crippen molar-refractivity contribution in [2.24, 2.45) is 0 Å². The first-order chi connectivity index (χ1) is 10.3. The molecule has 3 heteroatoms. The van der Waals surface area contributed by atoms with Gasteiger partial charge in [0.05, 0.1) is 11.6 Å². The van der Waals surface area contributed by atoms with Gasteiger partial charge in [0.25, 0.3) is 0 Å². The van der Waals surface area contributed by atoms with Crippen LogP contribution in [0.4, 0.5) is 0 Å². The molecule has 0 amide bonds. The van der Waals surface area contributed by atoms with Crippen LogP contribution in [0.5, 0.6) is 11.5 Å². The highest BCUT2D eigenvalue weighted by Gasteiger charge is 2.07. The van der Waals surface area contributed by atoms with E-state index in [0.717, 1.165) is 18.7 Å². The molecule has 2 aromatic carbocycles. The fourth-order valence-electron chi connectivity index (χ4n) is 2.28. The van der Waals surface area contributed by atoms with Crippen molar-refractivity contribution in [1.82, 2.24) is 5.32 Å². The summed E-state index contributed by atoms with van der Waals surface area (Å²) in [6, 6.07) is 17.8. The summed E-state index contributed by atoms with van der Waals surface area (Å²) in [5.41, 5.74) is 1.86. The van der Waals surface area contributed by atoms with Crippen LogP contribution in [-0.2, 0) is 0 Å². The Labute approximate surface area is 126 Å². The summed E-state index contributed by atoms with van der Waals surface area (Å²) in [6.07, 6.45) is 1.05. The molecule has 1 N–H and O–H groups in total. The van der Waals surface area contributed by atoms with Gasteiger partial charge in [0, 0.05) is 6.04 Å². The number of nitrogens with one attached hydrogen (secondary N) is 1. The molecule has 0 aliphatic heterocycles. The van der Waals surface area contributed by atoms with E-state index in [1.165, 1.54) is 5.56 Å². The van der Waals surface area contributed by atoms with Gasteiger partial charge in [-0.1, -0.05) is 32.0 Å². The van der Waals surface area contributed by atoms with Crippen molar-refractivity contribution in [2.75, 3.05) is 6.54 Å². The first-order valence-corrected chi connectivity index (χ1v) is 7.28. The van der Waals surface area contributed by atoms with Crippen LogP contribution < -0.4 is 10.1 Å². The molecule has 0 aromatic heterocycles. The van der Waals surface area contributed by atoms with Gasteiger partial charge >= 0.3 is 0 Å². The van der Waals surface area contributed by atoms with E-state index in [1.54, 1.807) is 12.1 Å². The van der Waals surface area contributed by atoms with Crippen molar-refractivity contribution >= 4 is 0 Å². The quantitative estimate of drug-likeness (QED) is 0.852. The topological polar surface area (TPSA) is 45.0 Å². The molecule has 0 saturated heterocycles. The molecule has 3 nitrogen and oxygen atoms in total. The first-order valence-electron chi connectivity index (χ1n) is 7.28. The smallest absolute Gasteiger partial charge is 0.128 e. The highest BCUT2D eigenvalue weighted by Crippen LogP contribution is 2.25. The van der Waals surface area contributed by atoms with Crippen molar-refractivity contribution in [3.63, 3.8) is 0 Å². The molecule has 0 aliphatic carbocycles. The summed E-state index contributed by atoms with van der Waals surface area (Å²) < 4.78 is 5.78. The van der Waals surface area contributed by atoms with Gasteiger partial charge < -0.3 is 10.1 Å². The summed E-state index contributed by atoms with van der Waals surface area (Å²) in [5, 5.41) is 12.3. The van der Waals surface area contributed by atoms with Gasteiger partial charge in [-0.2, -0.15) is 5.26 Å². The second-order valence-corrected chi connectivity index (χ2v) is 4.83. The summed E-state index contributed by atoms with van der Waals surface area (Å²) in [5.74, 6) is 1.46. The second kappa shape index (κ2) is 7.47. The summed E-state index contributed by atoms with van der Waals surface area (Å²) >= 11 is 0. The number of hydrogen-bond acceptors (Lipinski definition) is 3. The van der Waals surface area contributed by atoms with Gasteiger partial charge in [-0.05, 0) is 48.9 Å². The Morgan fingerprint density at radius 1 is 1.10 bits per heavy atom. The van der Waals surface area contributed by atoms with Crippen LogP contribution in [0.2, 0.25) is 0 Å². The third kappa shape index (κ3) is 4.08. The Morgan fingerprint density at radius 3 is 2.48 bits per heavy atom. The molecule has 1 atom stereocenters. The van der Waals surface area contributed by atoms with Crippen LogP contribution in [0.25, 0.3) is 0 Å². The Balaban J connectivity index is 2.10. The van der Waals surface area contributed by atoms with Crippen LogP contribution >= 0.6 is 0 Å². The van der Waals surface area contributed by atoms with E-state index < -0.39 is 0 Å². The Hall–Kier alpha value is -2.31. The minimum absolute atomic E-state index is 0.381. The number of benzene rings is 2. The maximum absolute atomic E-state index is 8.89. The zero-order chi connectivity index (χ0) is 15.1. The van der Waals surface area contributed by atoms with Crippen molar-refractivity contribution in [3.05, 3.63) is 59.7 Å². The number of ether oxygens (including phenoxy) is 1. The van der Waals surface area contributed by atoms with Crippen molar-refractivity contribution in [3.8, 4) is 17.6 Å². The summed E-state index contributed by atoms with van der Waals surface area (Å²) in [6.45, 7) is 5.24. The maximum Gasteiger partial charge on any atom is 0.128 e.